The first kappa shape index (κ1) is 28.4. The summed E-state index contributed by atoms with van der Waals surface area (Å²) in [4.78, 5) is 39.6. The summed E-state index contributed by atoms with van der Waals surface area (Å²) in [6.07, 6.45) is -2.01. The predicted molar refractivity (Wildman–Crippen MR) is 136 cm³/mol. The summed E-state index contributed by atoms with van der Waals surface area (Å²) in [6.45, 7) is 14.8. The third-order valence-corrected chi connectivity index (χ3v) is 10.9. The maximum Gasteiger partial charge on any atom is 0.333 e. The van der Waals surface area contributed by atoms with Gasteiger partial charge in [0.05, 0.1) is 24.2 Å². The number of carbonyl (C=O) groups is 3. The van der Waals surface area contributed by atoms with E-state index in [1.54, 1.807) is 13.8 Å². The number of fused-ring (bicyclic) bond motifs is 7. The van der Waals surface area contributed by atoms with Crippen LogP contribution in [0.15, 0.2) is 23.8 Å². The molecule has 4 aliphatic carbocycles. The minimum Gasteiger partial charge on any atom is -0.454 e. The van der Waals surface area contributed by atoms with Crippen molar-refractivity contribution in [3.63, 3.8) is 0 Å². The first-order valence-corrected chi connectivity index (χ1v) is 13.7. The Balaban J connectivity index is 1.74. The molecule has 5 rings (SSSR count). The number of aliphatic hydroxyl groups excluding tert-OH is 2. The molecule has 0 bridgehead atoms. The molecule has 1 saturated heterocycles. The van der Waals surface area contributed by atoms with Crippen molar-refractivity contribution in [1.82, 2.24) is 0 Å². The van der Waals surface area contributed by atoms with Crippen LogP contribution in [0.2, 0.25) is 0 Å². The topological polar surface area (TPSA) is 163 Å². The van der Waals surface area contributed by atoms with Gasteiger partial charge in [-0.2, -0.15) is 0 Å². The molecule has 4 N–H and O–H groups in total. The van der Waals surface area contributed by atoms with Crippen molar-refractivity contribution in [2.24, 2.45) is 35.0 Å². The third kappa shape index (κ3) is 3.07. The Morgan fingerprint density at radius 3 is 2.41 bits per heavy atom. The van der Waals surface area contributed by atoms with E-state index >= 15 is 0 Å². The molecule has 39 heavy (non-hydrogen) atoms. The third-order valence-electron chi connectivity index (χ3n) is 10.9. The fourth-order valence-corrected chi connectivity index (χ4v) is 8.32. The van der Waals surface area contributed by atoms with Gasteiger partial charge in [-0.1, -0.05) is 47.3 Å². The largest absolute Gasteiger partial charge is 0.454 e. The zero-order chi connectivity index (χ0) is 29.2. The molecule has 4 fully saturated rings. The van der Waals surface area contributed by atoms with Gasteiger partial charge in [0.2, 0.25) is 0 Å². The van der Waals surface area contributed by atoms with Gasteiger partial charge in [-0.05, 0) is 25.8 Å². The van der Waals surface area contributed by atoms with Crippen LogP contribution >= 0.6 is 0 Å². The predicted octanol–water partition coefficient (Wildman–Crippen LogP) is 0.836. The molecule has 10 heteroatoms. The number of rotatable bonds is 6. The van der Waals surface area contributed by atoms with Crippen molar-refractivity contribution in [1.29, 1.82) is 0 Å². The average Bonchev–Trinajstić information content (AvgIpc) is 3.71. The molecule has 216 valence electrons. The monoisotopic (exact) mass is 548 g/mol. The molecule has 0 aromatic carbocycles. The second kappa shape index (κ2) is 8.22. The van der Waals surface area contributed by atoms with Crippen molar-refractivity contribution in [3.05, 3.63) is 23.8 Å². The van der Waals surface area contributed by atoms with Crippen LogP contribution < -0.4 is 0 Å². The highest BCUT2D eigenvalue weighted by atomic mass is 16.6. The van der Waals surface area contributed by atoms with E-state index in [9.17, 15) is 34.8 Å². The Labute approximate surface area is 228 Å². The molecule has 0 radical (unpaired) electrons. The van der Waals surface area contributed by atoms with Crippen LogP contribution in [-0.2, 0) is 28.6 Å². The number of esters is 2. The number of ether oxygens (including phenoxy) is 3. The molecule has 0 amide bonds. The van der Waals surface area contributed by atoms with Crippen LogP contribution in [0.1, 0.15) is 54.9 Å². The van der Waals surface area contributed by atoms with E-state index in [4.69, 9.17) is 14.2 Å². The molecule has 0 aromatic heterocycles. The summed E-state index contributed by atoms with van der Waals surface area (Å²) < 4.78 is 18.2. The van der Waals surface area contributed by atoms with E-state index < -0.39 is 100 Å². The lowest BCUT2D eigenvalue weighted by atomic mass is 9.58. The van der Waals surface area contributed by atoms with Crippen LogP contribution in [-0.4, -0.2) is 85.5 Å². The SMILES string of the molecule is C=C(C)C(=O)OC1C(C)C2(O)C(C3OC3(CO)C(O)C3(O)C(=O)C(C)=CC32)C2C(C)(C)C12OC(=O)C(C)CC. The van der Waals surface area contributed by atoms with E-state index in [0.29, 0.717) is 6.42 Å². The summed E-state index contributed by atoms with van der Waals surface area (Å²) in [6, 6.07) is 0. The zero-order valence-electron chi connectivity index (χ0n) is 23.6. The van der Waals surface area contributed by atoms with Gasteiger partial charge < -0.3 is 34.6 Å². The van der Waals surface area contributed by atoms with Crippen LogP contribution in [0.3, 0.4) is 0 Å². The van der Waals surface area contributed by atoms with E-state index in [0.717, 1.165) is 0 Å². The summed E-state index contributed by atoms with van der Waals surface area (Å²) in [5.41, 5.74) is -8.14. The molecule has 12 unspecified atom stereocenters. The Kier molecular flexibility index (Phi) is 5.99. The minimum atomic E-state index is -2.49. The number of aliphatic hydroxyl groups is 4. The Hall–Kier alpha value is -2.11. The molecule has 3 saturated carbocycles. The van der Waals surface area contributed by atoms with Gasteiger partial charge in [-0.15, -0.1) is 0 Å². The second-order valence-electron chi connectivity index (χ2n) is 13.1. The summed E-state index contributed by atoms with van der Waals surface area (Å²) in [5, 5.41) is 46.6. The molecule has 1 aliphatic heterocycles. The fraction of sp³-hybridized carbons (Fsp3) is 0.759. The quantitative estimate of drug-likeness (QED) is 0.212. The maximum atomic E-state index is 13.4. The summed E-state index contributed by atoms with van der Waals surface area (Å²) in [5.74, 6) is -6.32. The van der Waals surface area contributed by atoms with E-state index in [2.05, 4.69) is 6.58 Å². The average molecular weight is 549 g/mol. The fourth-order valence-electron chi connectivity index (χ4n) is 8.32. The smallest absolute Gasteiger partial charge is 0.333 e. The lowest BCUT2D eigenvalue weighted by Crippen LogP contribution is -2.69. The molecule has 0 spiro atoms. The normalized spacial score (nSPS) is 49.3. The van der Waals surface area contributed by atoms with Crippen molar-refractivity contribution in [3.8, 4) is 0 Å². The van der Waals surface area contributed by atoms with E-state index in [-0.39, 0.29) is 11.1 Å². The van der Waals surface area contributed by atoms with Crippen molar-refractivity contribution >= 4 is 17.7 Å². The van der Waals surface area contributed by atoms with Gasteiger partial charge in [0.25, 0.3) is 0 Å². The number of hydrogen-bond donors (Lipinski definition) is 4. The van der Waals surface area contributed by atoms with Crippen molar-refractivity contribution in [2.45, 2.75) is 95.6 Å². The highest BCUT2D eigenvalue weighted by Crippen LogP contribution is 2.80. The highest BCUT2D eigenvalue weighted by Gasteiger charge is 2.93. The Morgan fingerprint density at radius 2 is 1.87 bits per heavy atom. The van der Waals surface area contributed by atoms with E-state index in [1.807, 2.05) is 20.8 Å². The Morgan fingerprint density at radius 1 is 1.26 bits per heavy atom. The van der Waals surface area contributed by atoms with Crippen LogP contribution in [0, 0.1) is 35.0 Å². The number of hydrogen-bond acceptors (Lipinski definition) is 10. The van der Waals surface area contributed by atoms with Crippen LogP contribution in [0.4, 0.5) is 0 Å². The van der Waals surface area contributed by atoms with Gasteiger partial charge in [-0.3, -0.25) is 9.59 Å². The first-order chi connectivity index (χ1) is 18.0. The maximum absolute atomic E-state index is 13.4. The van der Waals surface area contributed by atoms with Crippen LogP contribution in [0.25, 0.3) is 0 Å². The highest BCUT2D eigenvalue weighted by molar-refractivity contribution is 6.05. The van der Waals surface area contributed by atoms with Gasteiger partial charge >= 0.3 is 11.9 Å². The lowest BCUT2D eigenvalue weighted by Gasteiger charge is -2.53. The standard InChI is InChI=1S/C29H40O10/c1-9-13(4)23(33)39-29-18(25(29,7)8)17-21-26(11-30,38-21)24(34)28(36)16(10-14(5)19(28)31)27(17,35)15(6)20(29)37-22(32)12(2)3/h10,13,15-18,20-21,24,30,34-36H,2,9,11H2,1,3-8H3. The lowest BCUT2D eigenvalue weighted by molar-refractivity contribution is -0.245. The van der Waals surface area contributed by atoms with E-state index in [1.165, 1.54) is 19.9 Å². The number of epoxide rings is 1. The molecule has 1 heterocycles. The van der Waals surface area contributed by atoms with Crippen LogP contribution in [0.5, 0.6) is 0 Å². The number of carbonyl (C=O) groups excluding carboxylic acids is 3. The summed E-state index contributed by atoms with van der Waals surface area (Å²) >= 11 is 0. The summed E-state index contributed by atoms with van der Waals surface area (Å²) in [7, 11) is 0. The van der Waals surface area contributed by atoms with Gasteiger partial charge in [0.1, 0.15) is 17.8 Å². The minimum absolute atomic E-state index is 0.110. The second-order valence-corrected chi connectivity index (χ2v) is 13.1. The van der Waals surface area contributed by atoms with Gasteiger partial charge in [0.15, 0.2) is 17.0 Å². The number of Topliss-reactive ketones (excluding diaryl/α,β-unsaturated/α-hetero) is 1. The van der Waals surface area contributed by atoms with Crippen molar-refractivity contribution in [2.75, 3.05) is 6.61 Å². The molecule has 5 aliphatic rings. The first-order valence-electron chi connectivity index (χ1n) is 13.7. The van der Waals surface area contributed by atoms with Gasteiger partial charge in [-0.25, -0.2) is 4.79 Å². The molecule has 0 aromatic rings. The Bertz CT molecular complexity index is 1190. The molecule has 10 nitrogen and oxygen atoms in total. The van der Waals surface area contributed by atoms with Crippen molar-refractivity contribution < 1.29 is 49.0 Å². The molecule has 12 atom stereocenters. The molecular weight excluding hydrogens is 508 g/mol. The number of ketones is 1. The van der Waals surface area contributed by atoms with Gasteiger partial charge in [0, 0.05) is 34.7 Å². The molecular formula is C29H40O10. The zero-order valence-corrected chi connectivity index (χ0v) is 23.6.